The van der Waals surface area contributed by atoms with Crippen molar-refractivity contribution in [1.82, 2.24) is 19.3 Å². The maximum atomic E-state index is 13.0. The number of aliphatic imine (C=N–C) groups is 1. The van der Waals surface area contributed by atoms with E-state index in [0.717, 1.165) is 45.0 Å². The summed E-state index contributed by atoms with van der Waals surface area (Å²) in [7, 11) is 0. The summed E-state index contributed by atoms with van der Waals surface area (Å²) in [6, 6.07) is 22.3. The topological polar surface area (TPSA) is 68.0 Å². The average molecular weight is 502 g/mol. The first-order valence-electron chi connectivity index (χ1n) is 12.5. The van der Waals surface area contributed by atoms with Gasteiger partial charge >= 0.3 is 5.69 Å². The molecule has 0 spiro atoms. The minimum Gasteiger partial charge on any atom is -0.306 e. The van der Waals surface area contributed by atoms with Gasteiger partial charge in [-0.25, -0.2) is 9.48 Å². The summed E-state index contributed by atoms with van der Waals surface area (Å²) < 4.78 is 3.60. The third-order valence-electron chi connectivity index (χ3n) is 6.95. The fraction of sp³-hybridized carbons (Fsp3) is 0.156. The van der Waals surface area contributed by atoms with Crippen LogP contribution in [0.5, 0.6) is 0 Å². The van der Waals surface area contributed by atoms with E-state index in [2.05, 4.69) is 67.5 Å². The van der Waals surface area contributed by atoms with Gasteiger partial charge in [0.25, 0.3) is 0 Å². The monoisotopic (exact) mass is 501 g/mol. The Morgan fingerprint density at radius 1 is 0.947 bits per heavy atom. The van der Waals surface area contributed by atoms with Gasteiger partial charge in [-0.3, -0.25) is 9.56 Å². The Labute approximate surface area is 222 Å². The Hall–Kier alpha value is -4.71. The minimum atomic E-state index is -0.188. The highest BCUT2D eigenvalue weighted by Crippen LogP contribution is 2.31. The molecule has 0 aliphatic carbocycles. The molecule has 0 amide bonds. The summed E-state index contributed by atoms with van der Waals surface area (Å²) in [5.74, 6) is 0. The molecule has 0 fully saturated rings. The highest BCUT2D eigenvalue weighted by atomic mass is 16.1. The van der Waals surface area contributed by atoms with E-state index in [1.807, 2.05) is 61.0 Å². The van der Waals surface area contributed by atoms with Crippen LogP contribution in [0.2, 0.25) is 0 Å². The molecule has 3 aromatic carbocycles. The number of aromatic amines is 1. The molecule has 2 heterocycles. The van der Waals surface area contributed by atoms with Gasteiger partial charge < -0.3 is 4.98 Å². The van der Waals surface area contributed by atoms with Gasteiger partial charge in [0.15, 0.2) is 0 Å². The first-order valence-corrected chi connectivity index (χ1v) is 12.5. The van der Waals surface area contributed by atoms with Crippen LogP contribution in [0.1, 0.15) is 33.5 Å². The predicted molar refractivity (Wildman–Crippen MR) is 156 cm³/mol. The highest BCUT2D eigenvalue weighted by Gasteiger charge is 2.18. The number of aromatic nitrogens is 4. The van der Waals surface area contributed by atoms with E-state index in [1.165, 1.54) is 11.1 Å². The van der Waals surface area contributed by atoms with E-state index in [4.69, 9.17) is 5.10 Å². The van der Waals surface area contributed by atoms with Gasteiger partial charge in [-0.1, -0.05) is 60.2 Å². The summed E-state index contributed by atoms with van der Waals surface area (Å²) in [4.78, 5) is 20.0. The first-order chi connectivity index (χ1) is 18.2. The summed E-state index contributed by atoms with van der Waals surface area (Å²) in [5, 5.41) is 6.35. The summed E-state index contributed by atoms with van der Waals surface area (Å²) in [6.45, 7) is 16.6. The fourth-order valence-corrected chi connectivity index (χ4v) is 4.75. The van der Waals surface area contributed by atoms with E-state index in [9.17, 15) is 4.79 Å². The largest absolute Gasteiger partial charge is 0.326 e. The van der Waals surface area contributed by atoms with Crippen molar-refractivity contribution in [1.29, 1.82) is 0 Å². The van der Waals surface area contributed by atoms with Crippen LogP contribution >= 0.6 is 0 Å². The summed E-state index contributed by atoms with van der Waals surface area (Å²) in [5.41, 5.74) is 9.85. The molecular weight excluding hydrogens is 470 g/mol. The average Bonchev–Trinajstić information content (AvgIpc) is 3.36. The molecule has 0 unspecified atom stereocenters. The molecular formula is C32H31N5O. The number of H-pyrrole nitrogens is 1. The fourth-order valence-electron chi connectivity index (χ4n) is 4.75. The lowest BCUT2D eigenvalue weighted by atomic mass is 9.99. The third kappa shape index (κ3) is 4.68. The predicted octanol–water partition coefficient (Wildman–Crippen LogP) is 4.88. The normalized spacial score (nSPS) is 11.7. The molecule has 2 aromatic heterocycles. The zero-order valence-electron chi connectivity index (χ0n) is 22.2. The number of nitrogens with one attached hydrogen (secondary N) is 1. The standard InChI is InChI=1S/C32H31N5O/c1-20-7-10-25(11-8-20)19-36-24(5)30(34-32(36)38)18-29-23(4)37(27-14-12-26(33-6)13-15-27)35-31(29)28-16-9-21(2)17-22(28)3/h7-18H,5-6,19H2,1-4H3,(H,34,38)/b30-18-. The van der Waals surface area contributed by atoms with Crippen LogP contribution in [0.25, 0.3) is 29.6 Å². The van der Waals surface area contributed by atoms with Gasteiger partial charge in [-0.15, -0.1) is 0 Å². The Morgan fingerprint density at radius 2 is 1.63 bits per heavy atom. The van der Waals surface area contributed by atoms with Gasteiger partial charge in [-0.2, -0.15) is 5.10 Å². The Bertz CT molecular complexity index is 1820. The van der Waals surface area contributed by atoms with Crippen LogP contribution in [0.3, 0.4) is 0 Å². The molecule has 5 rings (SSSR count). The Morgan fingerprint density at radius 3 is 2.29 bits per heavy atom. The molecule has 6 nitrogen and oxygen atoms in total. The van der Waals surface area contributed by atoms with Crippen molar-refractivity contribution in [2.75, 3.05) is 0 Å². The smallest absolute Gasteiger partial charge is 0.306 e. The molecule has 0 aliphatic rings. The van der Waals surface area contributed by atoms with Crippen molar-refractivity contribution in [3.05, 3.63) is 121 Å². The number of hydrogen-bond donors (Lipinski definition) is 1. The van der Waals surface area contributed by atoms with Crippen LogP contribution in [-0.2, 0) is 6.54 Å². The number of hydrogen-bond acceptors (Lipinski definition) is 3. The van der Waals surface area contributed by atoms with Crippen molar-refractivity contribution >= 4 is 25.1 Å². The molecule has 38 heavy (non-hydrogen) atoms. The van der Waals surface area contributed by atoms with Gasteiger partial charge in [0.05, 0.1) is 28.6 Å². The molecule has 190 valence electrons. The Balaban J connectivity index is 1.69. The third-order valence-corrected chi connectivity index (χ3v) is 6.95. The number of aryl methyl sites for hydroxylation is 3. The van der Waals surface area contributed by atoms with E-state index in [1.54, 1.807) is 4.57 Å². The van der Waals surface area contributed by atoms with Gasteiger partial charge in [-0.05, 0) is 75.9 Å². The van der Waals surface area contributed by atoms with Crippen LogP contribution in [0.15, 0.2) is 76.5 Å². The van der Waals surface area contributed by atoms with E-state index >= 15 is 0 Å². The maximum Gasteiger partial charge on any atom is 0.326 e. The number of rotatable bonds is 6. The lowest BCUT2D eigenvalue weighted by Gasteiger charge is -2.05. The van der Waals surface area contributed by atoms with Crippen molar-refractivity contribution in [3.8, 4) is 16.9 Å². The van der Waals surface area contributed by atoms with E-state index in [-0.39, 0.29) is 5.69 Å². The summed E-state index contributed by atoms with van der Waals surface area (Å²) >= 11 is 0. The quantitative estimate of drug-likeness (QED) is 0.337. The van der Waals surface area contributed by atoms with Crippen molar-refractivity contribution in [2.24, 2.45) is 4.99 Å². The van der Waals surface area contributed by atoms with Crippen LogP contribution < -0.4 is 16.4 Å². The van der Waals surface area contributed by atoms with Gasteiger partial charge in [0, 0.05) is 16.8 Å². The van der Waals surface area contributed by atoms with Crippen molar-refractivity contribution in [3.63, 3.8) is 0 Å². The molecule has 5 aromatic rings. The molecule has 6 heteroatoms. The van der Waals surface area contributed by atoms with Crippen LogP contribution in [0, 0.1) is 27.7 Å². The van der Waals surface area contributed by atoms with Gasteiger partial charge in [0.1, 0.15) is 5.69 Å². The molecule has 0 atom stereocenters. The first kappa shape index (κ1) is 25.0. The van der Waals surface area contributed by atoms with E-state index in [0.29, 0.717) is 17.2 Å². The highest BCUT2D eigenvalue weighted by molar-refractivity contribution is 5.76. The molecule has 0 saturated heterocycles. The number of nitrogens with zero attached hydrogens (tertiary/aromatic N) is 4. The molecule has 1 N–H and O–H groups in total. The number of imidazole rings is 1. The maximum absolute atomic E-state index is 13.0. The second-order valence-corrected chi connectivity index (χ2v) is 9.76. The SMILES string of the molecule is C=Nc1ccc(-n2nc(-c3ccc(C)cc3C)c(/C=c3\[nH]c(=O)n(Cc4ccc(C)cc4)c3=C)c2C)cc1. The van der Waals surface area contributed by atoms with Crippen molar-refractivity contribution in [2.45, 2.75) is 34.2 Å². The molecule has 0 saturated carbocycles. The minimum absolute atomic E-state index is 0.188. The number of benzene rings is 3. The van der Waals surface area contributed by atoms with Gasteiger partial charge in [0.2, 0.25) is 0 Å². The molecule has 0 radical (unpaired) electrons. The second-order valence-electron chi connectivity index (χ2n) is 9.76. The lowest BCUT2D eigenvalue weighted by Crippen LogP contribution is -2.31. The van der Waals surface area contributed by atoms with Crippen LogP contribution in [0.4, 0.5) is 5.69 Å². The summed E-state index contributed by atoms with van der Waals surface area (Å²) in [6.07, 6.45) is 1.99. The van der Waals surface area contributed by atoms with Crippen molar-refractivity contribution < 1.29 is 0 Å². The van der Waals surface area contributed by atoms with Crippen LogP contribution in [-0.4, -0.2) is 26.0 Å². The Kier molecular flexibility index (Phi) is 6.55. The molecule has 0 aliphatic heterocycles. The zero-order valence-corrected chi connectivity index (χ0v) is 22.2. The van der Waals surface area contributed by atoms with E-state index < -0.39 is 0 Å². The second kappa shape index (κ2) is 9.98. The zero-order chi connectivity index (χ0) is 27.0. The molecule has 0 bridgehead atoms. The lowest BCUT2D eigenvalue weighted by molar-refractivity contribution is 0.741.